The molecule has 0 aliphatic heterocycles. The zero-order valence-electron chi connectivity index (χ0n) is 13.7. The molecule has 1 amide bonds. The third-order valence-corrected chi connectivity index (χ3v) is 4.80. The number of nitrogens with zero attached hydrogens (tertiary/aromatic N) is 4. The molecular weight excluding hydrogens is 334 g/mol. The van der Waals surface area contributed by atoms with Crippen molar-refractivity contribution in [3.05, 3.63) is 64.4 Å². The zero-order valence-corrected chi connectivity index (χ0v) is 14.5. The third kappa shape index (κ3) is 3.70. The highest BCUT2D eigenvalue weighted by Crippen LogP contribution is 2.25. The molecule has 3 aromatic rings. The number of benzene rings is 1. The number of hydrogen-bond acceptors (Lipinski definition) is 6. The first-order valence-electron chi connectivity index (χ1n) is 7.64. The predicted octanol–water partition coefficient (Wildman–Crippen LogP) is 3.27. The van der Waals surface area contributed by atoms with Crippen LogP contribution in [0.1, 0.15) is 39.5 Å². The number of carbonyl (C=O) groups excluding carboxylic acids is 1. The van der Waals surface area contributed by atoms with E-state index < -0.39 is 0 Å². The van der Waals surface area contributed by atoms with Crippen molar-refractivity contribution in [1.29, 1.82) is 5.26 Å². The lowest BCUT2D eigenvalue weighted by atomic mass is 10.1. The normalized spacial score (nSPS) is 11.6. The topological polar surface area (TPSA) is 91.6 Å². The second-order valence-electron chi connectivity index (χ2n) is 5.43. The number of carbonyl (C=O) groups is 1. The van der Waals surface area contributed by atoms with Gasteiger partial charge < -0.3 is 5.32 Å². The van der Waals surface area contributed by atoms with Crippen molar-refractivity contribution in [2.24, 2.45) is 0 Å². The van der Waals surface area contributed by atoms with Crippen molar-refractivity contribution in [2.45, 2.75) is 19.9 Å². The van der Waals surface area contributed by atoms with E-state index in [0.717, 1.165) is 5.56 Å². The largest absolute Gasteiger partial charge is 0.345 e. The molecule has 1 N–H and O–H groups in total. The van der Waals surface area contributed by atoms with E-state index >= 15 is 0 Å². The van der Waals surface area contributed by atoms with E-state index in [2.05, 4.69) is 26.3 Å². The Bertz CT molecular complexity index is 928. The number of amides is 1. The van der Waals surface area contributed by atoms with Crippen LogP contribution in [0.15, 0.2) is 42.7 Å². The molecule has 1 atom stereocenters. The Morgan fingerprint density at radius 2 is 1.92 bits per heavy atom. The van der Waals surface area contributed by atoms with Crippen molar-refractivity contribution in [1.82, 2.24) is 20.3 Å². The first-order valence-corrected chi connectivity index (χ1v) is 8.46. The summed E-state index contributed by atoms with van der Waals surface area (Å²) in [6.45, 7) is 3.70. The van der Waals surface area contributed by atoms with Gasteiger partial charge in [-0.15, -0.1) is 11.3 Å². The van der Waals surface area contributed by atoms with E-state index in [-0.39, 0.29) is 11.9 Å². The number of thiazole rings is 1. The Morgan fingerprint density at radius 3 is 2.56 bits per heavy atom. The van der Waals surface area contributed by atoms with Gasteiger partial charge in [0.15, 0.2) is 10.8 Å². The molecule has 2 heterocycles. The molecule has 0 radical (unpaired) electrons. The molecule has 2 aromatic heterocycles. The first kappa shape index (κ1) is 16.7. The maximum atomic E-state index is 12.6. The smallest absolute Gasteiger partial charge is 0.263 e. The van der Waals surface area contributed by atoms with E-state index in [1.165, 1.54) is 11.3 Å². The maximum absolute atomic E-state index is 12.6. The van der Waals surface area contributed by atoms with Crippen LogP contribution in [-0.2, 0) is 0 Å². The summed E-state index contributed by atoms with van der Waals surface area (Å²) in [5.74, 6) is 0.323. The van der Waals surface area contributed by atoms with Crippen molar-refractivity contribution >= 4 is 17.2 Å². The van der Waals surface area contributed by atoms with Gasteiger partial charge in [0.1, 0.15) is 4.88 Å². The molecule has 0 aliphatic carbocycles. The number of nitriles is 1. The van der Waals surface area contributed by atoms with E-state index in [1.54, 1.807) is 37.5 Å². The lowest BCUT2D eigenvalue weighted by molar-refractivity contribution is 0.0943. The Hall–Kier alpha value is -3.11. The number of aromatic nitrogens is 3. The summed E-state index contributed by atoms with van der Waals surface area (Å²) in [6.07, 6.45) is 3.29. The van der Waals surface area contributed by atoms with Crippen LogP contribution in [-0.4, -0.2) is 20.9 Å². The molecule has 0 spiro atoms. The van der Waals surface area contributed by atoms with Crippen LogP contribution in [0.3, 0.4) is 0 Å². The Balaban J connectivity index is 1.77. The summed E-state index contributed by atoms with van der Waals surface area (Å²) >= 11 is 1.27. The molecule has 7 heteroatoms. The first-order chi connectivity index (χ1) is 12.1. The minimum Gasteiger partial charge on any atom is -0.345 e. The summed E-state index contributed by atoms with van der Waals surface area (Å²) in [7, 11) is 0. The van der Waals surface area contributed by atoms with Gasteiger partial charge in [-0.1, -0.05) is 12.1 Å². The number of hydrogen-bond donors (Lipinski definition) is 1. The molecule has 0 saturated carbocycles. The molecule has 3 rings (SSSR count). The van der Waals surface area contributed by atoms with Crippen LogP contribution < -0.4 is 5.32 Å². The van der Waals surface area contributed by atoms with Crippen molar-refractivity contribution < 1.29 is 4.79 Å². The monoisotopic (exact) mass is 349 g/mol. The van der Waals surface area contributed by atoms with Crippen LogP contribution in [0, 0.1) is 18.3 Å². The minimum atomic E-state index is -0.186. The van der Waals surface area contributed by atoms with Gasteiger partial charge in [0, 0.05) is 12.4 Å². The zero-order chi connectivity index (χ0) is 17.8. The number of rotatable bonds is 4. The highest BCUT2D eigenvalue weighted by Gasteiger charge is 2.19. The second kappa shape index (κ2) is 7.20. The summed E-state index contributed by atoms with van der Waals surface area (Å²) in [5.41, 5.74) is 2.17. The van der Waals surface area contributed by atoms with Gasteiger partial charge in [-0.25, -0.2) is 15.0 Å². The van der Waals surface area contributed by atoms with Gasteiger partial charge in [0.2, 0.25) is 0 Å². The molecule has 124 valence electrons. The fraction of sp³-hybridized carbons (Fsp3) is 0.167. The molecule has 0 fully saturated rings. The molecule has 25 heavy (non-hydrogen) atoms. The SMILES string of the molecule is Cc1nc(-c2ncccn2)sc1C(=O)N[C@H](C)c1ccc(C#N)cc1. The van der Waals surface area contributed by atoms with Gasteiger partial charge in [-0.2, -0.15) is 5.26 Å². The average Bonchev–Trinajstić information content (AvgIpc) is 3.04. The van der Waals surface area contributed by atoms with E-state index in [0.29, 0.717) is 27.0 Å². The van der Waals surface area contributed by atoms with Crippen molar-refractivity contribution in [3.8, 4) is 16.9 Å². The lowest BCUT2D eigenvalue weighted by Crippen LogP contribution is -2.26. The minimum absolute atomic E-state index is 0.182. The van der Waals surface area contributed by atoms with E-state index in [4.69, 9.17) is 5.26 Å². The van der Waals surface area contributed by atoms with Crippen LogP contribution in [0.25, 0.3) is 10.8 Å². The quantitative estimate of drug-likeness (QED) is 0.780. The summed E-state index contributed by atoms with van der Waals surface area (Å²) in [6, 6.07) is 10.8. The highest BCUT2D eigenvalue weighted by molar-refractivity contribution is 7.17. The summed E-state index contributed by atoms with van der Waals surface area (Å²) in [5, 5.41) is 12.4. The van der Waals surface area contributed by atoms with Crippen molar-refractivity contribution in [3.63, 3.8) is 0 Å². The maximum Gasteiger partial charge on any atom is 0.263 e. The van der Waals surface area contributed by atoms with Crippen LogP contribution in [0.4, 0.5) is 0 Å². The fourth-order valence-electron chi connectivity index (χ4n) is 2.30. The predicted molar refractivity (Wildman–Crippen MR) is 94.9 cm³/mol. The van der Waals surface area contributed by atoms with Gasteiger partial charge in [0.05, 0.1) is 23.4 Å². The molecule has 6 nitrogen and oxygen atoms in total. The fourth-order valence-corrected chi connectivity index (χ4v) is 3.22. The van der Waals surface area contributed by atoms with Crippen LogP contribution >= 0.6 is 11.3 Å². The number of aryl methyl sites for hydroxylation is 1. The molecule has 0 unspecified atom stereocenters. The van der Waals surface area contributed by atoms with Gasteiger partial charge in [-0.05, 0) is 37.6 Å². The van der Waals surface area contributed by atoms with Gasteiger partial charge in [-0.3, -0.25) is 4.79 Å². The summed E-state index contributed by atoms with van der Waals surface area (Å²) < 4.78 is 0. The Kier molecular flexibility index (Phi) is 4.82. The highest BCUT2D eigenvalue weighted by atomic mass is 32.1. The van der Waals surface area contributed by atoms with Crippen molar-refractivity contribution in [2.75, 3.05) is 0 Å². The summed E-state index contributed by atoms with van der Waals surface area (Å²) in [4.78, 5) is 25.9. The molecule has 0 saturated heterocycles. The molecular formula is C18H15N5OS. The third-order valence-electron chi connectivity index (χ3n) is 3.65. The van der Waals surface area contributed by atoms with Crippen LogP contribution in [0.5, 0.6) is 0 Å². The van der Waals surface area contributed by atoms with E-state index in [9.17, 15) is 4.79 Å². The van der Waals surface area contributed by atoms with Gasteiger partial charge >= 0.3 is 0 Å². The van der Waals surface area contributed by atoms with Crippen LogP contribution in [0.2, 0.25) is 0 Å². The Morgan fingerprint density at radius 1 is 1.24 bits per heavy atom. The molecule has 1 aromatic carbocycles. The molecule has 0 bridgehead atoms. The van der Waals surface area contributed by atoms with Gasteiger partial charge in [0.25, 0.3) is 5.91 Å². The standard InChI is InChI=1S/C18H15N5OS/c1-11(14-6-4-13(10-19)5-7-14)22-17(24)15-12(2)23-18(25-15)16-20-8-3-9-21-16/h3-9,11H,1-2H3,(H,22,24)/t11-/m1/s1. The second-order valence-corrected chi connectivity index (χ2v) is 6.43. The number of nitrogens with one attached hydrogen (secondary N) is 1. The van der Waals surface area contributed by atoms with E-state index in [1.807, 2.05) is 19.1 Å². The lowest BCUT2D eigenvalue weighted by Gasteiger charge is -2.13. The Labute approximate surface area is 149 Å². The molecule has 0 aliphatic rings. The average molecular weight is 349 g/mol.